The summed E-state index contributed by atoms with van der Waals surface area (Å²) >= 11 is 5.94. The number of anilines is 1. The first kappa shape index (κ1) is 16.0. The van der Waals surface area contributed by atoms with Gasteiger partial charge in [-0.2, -0.15) is 5.26 Å². The van der Waals surface area contributed by atoms with Gasteiger partial charge in [0.25, 0.3) is 0 Å². The third-order valence-corrected chi connectivity index (χ3v) is 4.11. The van der Waals surface area contributed by atoms with Crippen molar-refractivity contribution in [3.63, 3.8) is 0 Å². The first-order chi connectivity index (χ1) is 12.5. The second kappa shape index (κ2) is 6.10. The molecule has 8 heteroatoms. The van der Waals surface area contributed by atoms with Gasteiger partial charge in [0.1, 0.15) is 17.2 Å². The molecule has 2 aromatic heterocycles. The van der Waals surface area contributed by atoms with Crippen molar-refractivity contribution >= 4 is 45.1 Å². The zero-order chi connectivity index (χ0) is 18.3. The van der Waals surface area contributed by atoms with E-state index in [0.29, 0.717) is 32.9 Å². The Balaban J connectivity index is 1.67. The molecule has 0 atom stereocenters. The lowest BCUT2D eigenvalue weighted by atomic mass is 10.2. The molecule has 2 aromatic carbocycles. The third kappa shape index (κ3) is 2.72. The minimum atomic E-state index is -0.435. The van der Waals surface area contributed by atoms with Gasteiger partial charge in [-0.1, -0.05) is 11.6 Å². The molecule has 0 saturated heterocycles. The van der Waals surface area contributed by atoms with Crippen LogP contribution in [0.5, 0.6) is 0 Å². The van der Waals surface area contributed by atoms with Crippen LogP contribution in [0.15, 0.2) is 56.2 Å². The van der Waals surface area contributed by atoms with Crippen LogP contribution >= 0.6 is 11.6 Å². The number of nitrogens with zero attached hydrogens (tertiary/aromatic N) is 3. The van der Waals surface area contributed by atoms with E-state index in [1.807, 2.05) is 6.07 Å². The van der Waals surface area contributed by atoms with Gasteiger partial charge in [-0.05, 0) is 30.3 Å². The lowest BCUT2D eigenvalue weighted by Gasteiger charge is -2.01. The molecule has 0 saturated carbocycles. The molecule has 0 aliphatic heterocycles. The van der Waals surface area contributed by atoms with Crippen LogP contribution in [0.1, 0.15) is 5.89 Å². The fraction of sp³-hybridized carbons (Fsp3) is 0.0556. The van der Waals surface area contributed by atoms with Gasteiger partial charge >= 0.3 is 5.76 Å². The van der Waals surface area contributed by atoms with Crippen molar-refractivity contribution < 1.29 is 8.83 Å². The maximum Gasteiger partial charge on any atom is 0.419 e. The maximum absolute atomic E-state index is 11.5. The molecular formula is C18H11ClN4O3. The summed E-state index contributed by atoms with van der Waals surface area (Å²) in [5.74, 6) is -0.250. The molecule has 128 valence electrons. The number of allylic oxidation sites excluding steroid dienone is 1. The second-order valence-electron chi connectivity index (χ2n) is 5.55. The van der Waals surface area contributed by atoms with Crippen molar-refractivity contribution in [3.8, 4) is 6.07 Å². The van der Waals surface area contributed by atoms with Crippen LogP contribution in [-0.4, -0.2) is 9.55 Å². The lowest BCUT2D eigenvalue weighted by molar-refractivity contribution is 0.528. The SMILES string of the molecule is Cn1c(=O)oc2cc(NC=C(C#N)c3nc4cc(Cl)ccc4o3)ccc21. The van der Waals surface area contributed by atoms with E-state index in [1.54, 1.807) is 43.4 Å². The van der Waals surface area contributed by atoms with Crippen LogP contribution in [0.4, 0.5) is 5.69 Å². The zero-order valence-electron chi connectivity index (χ0n) is 13.5. The fourth-order valence-corrected chi connectivity index (χ4v) is 2.70. The monoisotopic (exact) mass is 366 g/mol. The molecular weight excluding hydrogens is 356 g/mol. The van der Waals surface area contributed by atoms with Crippen LogP contribution in [0.2, 0.25) is 5.02 Å². The Bertz CT molecular complexity index is 1270. The Hall–Kier alpha value is -3.50. The second-order valence-corrected chi connectivity index (χ2v) is 5.99. The van der Waals surface area contributed by atoms with Crippen molar-refractivity contribution in [2.24, 2.45) is 7.05 Å². The first-order valence-corrected chi connectivity index (χ1v) is 7.96. The number of rotatable bonds is 3. The van der Waals surface area contributed by atoms with Crippen LogP contribution < -0.4 is 11.1 Å². The molecule has 1 N–H and O–H groups in total. The average molecular weight is 367 g/mol. The fourth-order valence-electron chi connectivity index (χ4n) is 2.54. The highest BCUT2D eigenvalue weighted by Gasteiger charge is 2.11. The number of halogens is 1. The summed E-state index contributed by atoms with van der Waals surface area (Å²) < 4.78 is 12.2. The van der Waals surface area contributed by atoms with Crippen molar-refractivity contribution in [3.05, 3.63) is 64.1 Å². The molecule has 4 aromatic rings. The zero-order valence-corrected chi connectivity index (χ0v) is 14.2. The van der Waals surface area contributed by atoms with Crippen LogP contribution in [0.3, 0.4) is 0 Å². The maximum atomic E-state index is 11.5. The van der Waals surface area contributed by atoms with E-state index in [-0.39, 0.29) is 11.5 Å². The first-order valence-electron chi connectivity index (χ1n) is 7.58. The Morgan fingerprint density at radius 1 is 1.27 bits per heavy atom. The molecule has 0 fully saturated rings. The summed E-state index contributed by atoms with van der Waals surface area (Å²) in [5.41, 5.74) is 3.11. The Morgan fingerprint density at radius 3 is 2.92 bits per heavy atom. The smallest absolute Gasteiger partial charge is 0.419 e. The van der Waals surface area contributed by atoms with Gasteiger partial charge in [0.2, 0.25) is 5.89 Å². The molecule has 7 nitrogen and oxygen atoms in total. The van der Waals surface area contributed by atoms with E-state index in [1.165, 1.54) is 10.8 Å². The van der Waals surface area contributed by atoms with Gasteiger partial charge in [0, 0.05) is 30.0 Å². The number of hydrogen-bond donors (Lipinski definition) is 1. The highest BCUT2D eigenvalue weighted by molar-refractivity contribution is 6.31. The number of aromatic nitrogens is 2. The van der Waals surface area contributed by atoms with Gasteiger partial charge in [-0.25, -0.2) is 9.78 Å². The molecule has 2 heterocycles. The molecule has 0 unspecified atom stereocenters. The van der Waals surface area contributed by atoms with Gasteiger partial charge in [0.15, 0.2) is 11.2 Å². The number of benzene rings is 2. The van der Waals surface area contributed by atoms with E-state index < -0.39 is 5.76 Å². The lowest BCUT2D eigenvalue weighted by Crippen LogP contribution is -2.08. The summed E-state index contributed by atoms with van der Waals surface area (Å²) in [5, 5.41) is 12.9. The Morgan fingerprint density at radius 2 is 2.12 bits per heavy atom. The highest BCUT2D eigenvalue weighted by atomic mass is 35.5. The van der Waals surface area contributed by atoms with Gasteiger partial charge < -0.3 is 14.2 Å². The Kier molecular flexibility index (Phi) is 3.75. The predicted octanol–water partition coefficient (Wildman–Crippen LogP) is 3.90. The molecule has 0 radical (unpaired) electrons. The summed E-state index contributed by atoms with van der Waals surface area (Å²) in [4.78, 5) is 15.8. The van der Waals surface area contributed by atoms with Crippen LogP contribution in [-0.2, 0) is 7.05 Å². The summed E-state index contributed by atoms with van der Waals surface area (Å²) in [7, 11) is 1.63. The van der Waals surface area contributed by atoms with Crippen molar-refractivity contribution in [1.29, 1.82) is 5.26 Å². The number of oxazole rings is 2. The molecule has 0 amide bonds. The molecule has 0 aliphatic rings. The van der Waals surface area contributed by atoms with E-state index in [9.17, 15) is 10.1 Å². The van der Waals surface area contributed by atoms with E-state index in [2.05, 4.69) is 10.3 Å². The molecule has 26 heavy (non-hydrogen) atoms. The predicted molar refractivity (Wildman–Crippen MR) is 97.7 cm³/mol. The van der Waals surface area contributed by atoms with Gasteiger partial charge in [-0.3, -0.25) is 4.57 Å². The minimum Gasteiger partial charge on any atom is -0.435 e. The van der Waals surface area contributed by atoms with Crippen molar-refractivity contribution in [2.45, 2.75) is 0 Å². The molecule has 4 rings (SSSR count). The highest BCUT2D eigenvalue weighted by Crippen LogP contribution is 2.24. The normalized spacial score (nSPS) is 11.8. The Labute approximate surface area is 151 Å². The molecule has 0 aliphatic carbocycles. The molecule has 0 bridgehead atoms. The quantitative estimate of drug-likeness (QED) is 0.552. The van der Waals surface area contributed by atoms with Crippen molar-refractivity contribution in [1.82, 2.24) is 9.55 Å². The number of hydrogen-bond acceptors (Lipinski definition) is 6. The topological polar surface area (TPSA) is 97.0 Å². The van der Waals surface area contributed by atoms with Crippen LogP contribution in [0.25, 0.3) is 27.8 Å². The van der Waals surface area contributed by atoms with E-state index in [4.69, 9.17) is 20.4 Å². The van der Waals surface area contributed by atoms with Crippen molar-refractivity contribution in [2.75, 3.05) is 5.32 Å². The summed E-state index contributed by atoms with van der Waals surface area (Å²) in [6, 6.07) is 12.3. The number of aryl methyl sites for hydroxylation is 1. The van der Waals surface area contributed by atoms with E-state index in [0.717, 1.165) is 0 Å². The number of nitriles is 1. The average Bonchev–Trinajstić information content (AvgIpc) is 3.16. The van der Waals surface area contributed by atoms with Crippen LogP contribution in [0, 0.1) is 11.3 Å². The van der Waals surface area contributed by atoms with Gasteiger partial charge in [-0.15, -0.1) is 0 Å². The number of nitrogens with one attached hydrogen (secondary N) is 1. The largest absolute Gasteiger partial charge is 0.435 e. The number of fused-ring (bicyclic) bond motifs is 2. The standard InChI is InChI=1S/C18H11ClN4O3/c1-23-14-4-3-12(7-16(14)26-18(23)24)21-9-10(8-20)17-22-13-6-11(19)2-5-15(13)25-17/h2-7,9,21H,1H3. The third-order valence-electron chi connectivity index (χ3n) is 3.88. The van der Waals surface area contributed by atoms with E-state index >= 15 is 0 Å². The minimum absolute atomic E-state index is 0.185. The van der Waals surface area contributed by atoms with Gasteiger partial charge in [0.05, 0.1) is 5.52 Å². The molecule has 0 spiro atoms. The summed E-state index contributed by atoms with van der Waals surface area (Å²) in [6.45, 7) is 0. The summed E-state index contributed by atoms with van der Waals surface area (Å²) in [6.07, 6.45) is 1.48.